The van der Waals surface area contributed by atoms with E-state index in [0.717, 1.165) is 56.7 Å². The van der Waals surface area contributed by atoms with Crippen LogP contribution >= 0.6 is 11.3 Å². The number of carbonyl (C=O) groups excluding carboxylic acids is 1. The maximum Gasteiger partial charge on any atom is 0.161 e. The SMILES string of the molecule is CCCCn1cc(C(C)=O)c2cc(-c3ccc(-c4cncc(N)c4)s3)ccc21. The molecule has 0 atom stereocenters. The first-order valence-electron chi connectivity index (χ1n) is 9.51. The zero-order chi connectivity index (χ0) is 19.7. The molecule has 0 unspecified atom stereocenters. The van der Waals surface area contributed by atoms with Crippen LogP contribution in [0, 0.1) is 0 Å². The van der Waals surface area contributed by atoms with E-state index >= 15 is 0 Å². The molecule has 0 aliphatic rings. The van der Waals surface area contributed by atoms with Gasteiger partial charge in [-0.1, -0.05) is 19.4 Å². The maximum atomic E-state index is 12.2. The molecular weight excluding hydrogens is 366 g/mol. The molecule has 4 nitrogen and oxygen atoms in total. The fraction of sp³-hybridized carbons (Fsp3) is 0.217. The highest BCUT2D eigenvalue weighted by molar-refractivity contribution is 7.18. The van der Waals surface area contributed by atoms with Gasteiger partial charge in [0.25, 0.3) is 0 Å². The monoisotopic (exact) mass is 389 g/mol. The Kier molecular flexibility index (Phi) is 5.01. The maximum absolute atomic E-state index is 12.2. The van der Waals surface area contributed by atoms with Gasteiger partial charge in [-0.25, -0.2) is 0 Å². The number of fused-ring (bicyclic) bond motifs is 1. The number of ketones is 1. The average molecular weight is 390 g/mol. The minimum absolute atomic E-state index is 0.107. The van der Waals surface area contributed by atoms with E-state index in [2.05, 4.69) is 46.8 Å². The summed E-state index contributed by atoms with van der Waals surface area (Å²) in [7, 11) is 0. The Bertz CT molecular complexity index is 1160. The highest BCUT2D eigenvalue weighted by Crippen LogP contribution is 2.36. The standard InChI is InChI=1S/C23H23N3OS/c1-3-4-9-26-14-20(15(2)27)19-11-16(5-6-21(19)26)22-7-8-23(28-22)17-10-18(24)13-25-12-17/h5-8,10-14H,3-4,9,24H2,1-2H3. The number of hydrogen-bond donors (Lipinski definition) is 1. The number of Topliss-reactive ketones (excluding diaryl/α,β-unsaturated/α-hetero) is 1. The van der Waals surface area contributed by atoms with Crippen LogP contribution in [0.1, 0.15) is 37.0 Å². The molecule has 2 N–H and O–H groups in total. The zero-order valence-electron chi connectivity index (χ0n) is 16.1. The number of carbonyl (C=O) groups is 1. The normalized spacial score (nSPS) is 11.2. The number of unbranched alkanes of at least 4 members (excludes halogenated alkanes) is 1. The molecule has 142 valence electrons. The van der Waals surface area contributed by atoms with E-state index in [1.807, 2.05) is 18.5 Å². The summed E-state index contributed by atoms with van der Waals surface area (Å²) in [6.45, 7) is 4.76. The third kappa shape index (κ3) is 3.45. The highest BCUT2D eigenvalue weighted by atomic mass is 32.1. The van der Waals surface area contributed by atoms with Crippen molar-refractivity contribution in [3.63, 3.8) is 0 Å². The Labute approximate surface area is 168 Å². The molecule has 0 amide bonds. The highest BCUT2D eigenvalue weighted by Gasteiger charge is 2.14. The summed E-state index contributed by atoms with van der Waals surface area (Å²) in [4.78, 5) is 18.7. The molecule has 0 spiro atoms. The first kappa shape index (κ1) is 18.4. The molecule has 4 rings (SSSR count). The van der Waals surface area contributed by atoms with Crippen LogP contribution in [-0.4, -0.2) is 15.3 Å². The van der Waals surface area contributed by atoms with E-state index in [-0.39, 0.29) is 5.78 Å². The number of hydrogen-bond acceptors (Lipinski definition) is 4. The van der Waals surface area contributed by atoms with Gasteiger partial charge in [0.15, 0.2) is 5.78 Å². The van der Waals surface area contributed by atoms with E-state index in [0.29, 0.717) is 5.69 Å². The lowest BCUT2D eigenvalue weighted by Crippen LogP contribution is -1.95. The van der Waals surface area contributed by atoms with Crippen LogP contribution in [0.4, 0.5) is 5.69 Å². The lowest BCUT2D eigenvalue weighted by molar-refractivity contribution is 0.101. The molecule has 0 saturated carbocycles. The Morgan fingerprint density at radius 2 is 1.89 bits per heavy atom. The van der Waals surface area contributed by atoms with Gasteiger partial charge in [-0.3, -0.25) is 9.78 Å². The van der Waals surface area contributed by atoms with Crippen molar-refractivity contribution >= 4 is 33.7 Å². The minimum atomic E-state index is 0.107. The number of rotatable bonds is 6. The minimum Gasteiger partial charge on any atom is -0.397 e. The van der Waals surface area contributed by atoms with Crippen LogP contribution in [0.25, 0.3) is 31.8 Å². The van der Waals surface area contributed by atoms with Crippen LogP contribution in [0.15, 0.2) is 55.0 Å². The van der Waals surface area contributed by atoms with Gasteiger partial charge in [-0.15, -0.1) is 11.3 Å². The quantitative estimate of drug-likeness (QED) is 0.410. The van der Waals surface area contributed by atoms with Gasteiger partial charge in [0, 0.05) is 56.9 Å². The molecule has 0 aliphatic carbocycles. The van der Waals surface area contributed by atoms with Crippen molar-refractivity contribution in [3.05, 3.63) is 60.6 Å². The van der Waals surface area contributed by atoms with Gasteiger partial charge < -0.3 is 10.3 Å². The first-order valence-corrected chi connectivity index (χ1v) is 10.3. The van der Waals surface area contributed by atoms with Crippen molar-refractivity contribution in [2.45, 2.75) is 33.2 Å². The summed E-state index contributed by atoms with van der Waals surface area (Å²) >= 11 is 1.70. The third-order valence-electron chi connectivity index (χ3n) is 4.95. The first-order chi connectivity index (χ1) is 13.6. The van der Waals surface area contributed by atoms with E-state index in [1.54, 1.807) is 24.5 Å². The average Bonchev–Trinajstić information content (AvgIpc) is 3.31. The van der Waals surface area contributed by atoms with Crippen molar-refractivity contribution in [1.82, 2.24) is 9.55 Å². The number of aromatic nitrogens is 2. The molecule has 0 fully saturated rings. The summed E-state index contributed by atoms with van der Waals surface area (Å²) in [5.74, 6) is 0.107. The second kappa shape index (κ2) is 7.60. The van der Waals surface area contributed by atoms with Crippen molar-refractivity contribution in [3.8, 4) is 20.9 Å². The predicted molar refractivity (Wildman–Crippen MR) is 118 cm³/mol. The van der Waals surface area contributed by atoms with E-state index < -0.39 is 0 Å². The van der Waals surface area contributed by atoms with Crippen LogP contribution in [0.3, 0.4) is 0 Å². The molecular formula is C23H23N3OS. The van der Waals surface area contributed by atoms with E-state index in [9.17, 15) is 4.79 Å². The van der Waals surface area contributed by atoms with Crippen LogP contribution in [0.5, 0.6) is 0 Å². The lowest BCUT2D eigenvalue weighted by atomic mass is 10.1. The zero-order valence-corrected chi connectivity index (χ0v) is 16.9. The molecule has 0 saturated heterocycles. The van der Waals surface area contributed by atoms with Crippen molar-refractivity contribution < 1.29 is 4.79 Å². The number of anilines is 1. The van der Waals surface area contributed by atoms with Gasteiger partial charge in [0.1, 0.15) is 0 Å². The molecule has 1 aromatic carbocycles. The summed E-state index contributed by atoms with van der Waals surface area (Å²) in [5.41, 5.74) is 10.6. The van der Waals surface area contributed by atoms with Crippen LogP contribution in [-0.2, 0) is 6.54 Å². The second-order valence-corrected chi connectivity index (χ2v) is 8.13. The molecule has 4 aromatic rings. The number of thiophene rings is 1. The van der Waals surface area contributed by atoms with Crippen molar-refractivity contribution in [2.24, 2.45) is 0 Å². The van der Waals surface area contributed by atoms with Crippen molar-refractivity contribution in [1.29, 1.82) is 0 Å². The van der Waals surface area contributed by atoms with E-state index in [1.165, 1.54) is 0 Å². The van der Waals surface area contributed by atoms with Gasteiger partial charge in [0.05, 0.1) is 5.69 Å². The van der Waals surface area contributed by atoms with Gasteiger partial charge in [-0.2, -0.15) is 0 Å². The largest absolute Gasteiger partial charge is 0.397 e. The van der Waals surface area contributed by atoms with Gasteiger partial charge in [0.2, 0.25) is 0 Å². The van der Waals surface area contributed by atoms with E-state index in [4.69, 9.17) is 5.73 Å². The Morgan fingerprint density at radius 3 is 2.61 bits per heavy atom. The predicted octanol–water partition coefficient (Wildman–Crippen LogP) is 6.02. The lowest BCUT2D eigenvalue weighted by Gasteiger charge is -2.05. The Balaban J connectivity index is 1.76. The second-order valence-electron chi connectivity index (χ2n) is 7.05. The Morgan fingerprint density at radius 1 is 1.11 bits per heavy atom. The molecule has 5 heteroatoms. The number of nitrogens with zero attached hydrogens (tertiary/aromatic N) is 2. The summed E-state index contributed by atoms with van der Waals surface area (Å²) in [6, 6.07) is 12.6. The molecule has 0 radical (unpaired) electrons. The number of nitrogens with two attached hydrogens (primary N) is 1. The smallest absolute Gasteiger partial charge is 0.161 e. The molecule has 0 bridgehead atoms. The number of nitrogen functional groups attached to an aromatic ring is 1. The number of benzene rings is 1. The van der Waals surface area contributed by atoms with Crippen LogP contribution in [0.2, 0.25) is 0 Å². The topological polar surface area (TPSA) is 60.9 Å². The molecule has 3 heterocycles. The fourth-order valence-electron chi connectivity index (χ4n) is 3.49. The molecule has 28 heavy (non-hydrogen) atoms. The Hall–Kier alpha value is -2.92. The van der Waals surface area contributed by atoms with Crippen LogP contribution < -0.4 is 5.73 Å². The third-order valence-corrected chi connectivity index (χ3v) is 6.13. The van der Waals surface area contributed by atoms with Crippen molar-refractivity contribution in [2.75, 3.05) is 5.73 Å². The summed E-state index contributed by atoms with van der Waals surface area (Å²) in [5, 5.41) is 1.03. The summed E-state index contributed by atoms with van der Waals surface area (Å²) < 4.78 is 2.21. The molecule has 0 aliphatic heterocycles. The molecule has 3 aromatic heterocycles. The number of pyridine rings is 1. The fourth-order valence-corrected chi connectivity index (χ4v) is 4.47. The van der Waals surface area contributed by atoms with Gasteiger partial charge >= 0.3 is 0 Å². The summed E-state index contributed by atoms with van der Waals surface area (Å²) in [6.07, 6.45) is 7.72. The number of aryl methyl sites for hydroxylation is 1. The van der Waals surface area contributed by atoms with Gasteiger partial charge in [-0.05, 0) is 49.2 Å².